The molecule has 0 radical (unpaired) electrons. The smallest absolute Gasteiger partial charge is 0.337 e. The molecule has 6 nitrogen and oxygen atoms in total. The number of nitrogens with one attached hydrogen (secondary N) is 1. The average molecular weight is 393 g/mol. The molecule has 1 heterocycles. The van der Waals surface area contributed by atoms with Gasteiger partial charge in [-0.15, -0.1) is 0 Å². The lowest BCUT2D eigenvalue weighted by Crippen LogP contribution is -2.44. The van der Waals surface area contributed by atoms with Gasteiger partial charge in [-0.2, -0.15) is 0 Å². The summed E-state index contributed by atoms with van der Waals surface area (Å²) < 4.78 is 4.69. The van der Waals surface area contributed by atoms with E-state index in [2.05, 4.69) is 17.0 Å². The van der Waals surface area contributed by atoms with Gasteiger partial charge < -0.3 is 15.0 Å². The summed E-state index contributed by atoms with van der Waals surface area (Å²) in [6.45, 7) is 2.89. The molecule has 2 amide bonds. The normalized spacial score (nSPS) is 24.3. The lowest BCUT2D eigenvalue weighted by molar-refractivity contribution is -0.137. The summed E-state index contributed by atoms with van der Waals surface area (Å²) in [7, 11) is 1.29. The van der Waals surface area contributed by atoms with Crippen LogP contribution < -0.4 is 5.32 Å². The van der Waals surface area contributed by atoms with Crippen LogP contribution in [0, 0.1) is 11.8 Å². The first kappa shape index (κ1) is 19.7. The second-order valence-corrected chi connectivity index (χ2v) is 7.62. The fourth-order valence-corrected chi connectivity index (χ4v) is 3.94. The van der Waals surface area contributed by atoms with E-state index in [1.54, 1.807) is 6.07 Å². The molecule has 1 aromatic rings. The van der Waals surface area contributed by atoms with Gasteiger partial charge in [0.15, 0.2) is 0 Å². The van der Waals surface area contributed by atoms with Crippen LogP contribution in [0.25, 0.3) is 0 Å². The van der Waals surface area contributed by atoms with Gasteiger partial charge >= 0.3 is 5.97 Å². The number of benzene rings is 1. The van der Waals surface area contributed by atoms with E-state index in [1.165, 1.54) is 19.2 Å². The van der Waals surface area contributed by atoms with Crippen LogP contribution in [-0.4, -0.2) is 42.4 Å². The van der Waals surface area contributed by atoms with E-state index in [4.69, 9.17) is 11.6 Å². The van der Waals surface area contributed by atoms with Crippen molar-refractivity contribution in [3.05, 3.63) is 28.8 Å². The number of amides is 2. The number of hydrogen-bond donors (Lipinski definition) is 1. The van der Waals surface area contributed by atoms with Crippen molar-refractivity contribution in [2.45, 2.75) is 45.1 Å². The Bertz CT molecular complexity index is 751. The van der Waals surface area contributed by atoms with Gasteiger partial charge in [0, 0.05) is 12.6 Å². The van der Waals surface area contributed by atoms with E-state index in [9.17, 15) is 14.4 Å². The quantitative estimate of drug-likeness (QED) is 0.778. The topological polar surface area (TPSA) is 75.7 Å². The van der Waals surface area contributed by atoms with Crippen molar-refractivity contribution in [2.24, 2.45) is 11.8 Å². The molecule has 1 aromatic carbocycles. The third kappa shape index (κ3) is 4.26. The summed E-state index contributed by atoms with van der Waals surface area (Å²) in [4.78, 5) is 39.0. The Morgan fingerprint density at radius 2 is 2.04 bits per heavy atom. The van der Waals surface area contributed by atoms with Crippen LogP contribution in [0.3, 0.4) is 0 Å². The number of anilines is 1. The first-order valence-electron chi connectivity index (χ1n) is 9.45. The Labute approximate surface area is 164 Å². The Kier molecular flexibility index (Phi) is 6.05. The van der Waals surface area contributed by atoms with Crippen molar-refractivity contribution in [1.29, 1.82) is 0 Å². The van der Waals surface area contributed by atoms with Crippen LogP contribution >= 0.6 is 11.6 Å². The predicted molar refractivity (Wildman–Crippen MR) is 103 cm³/mol. The third-order valence-corrected chi connectivity index (χ3v) is 5.80. The van der Waals surface area contributed by atoms with Crippen molar-refractivity contribution in [1.82, 2.24) is 4.90 Å². The third-order valence-electron chi connectivity index (χ3n) is 5.47. The Balaban J connectivity index is 1.63. The molecule has 1 N–H and O–H groups in total. The summed E-state index contributed by atoms with van der Waals surface area (Å²) >= 11 is 6.13. The fraction of sp³-hybridized carbons (Fsp3) is 0.550. The standard InChI is InChI=1S/C20H25ClN2O4/c1-3-13-6-4-5-9-23(13)19(25)15-11-14(15)18(24)22-17-10-12(20(26)27-2)7-8-16(17)21/h7-8,10,13-15H,3-6,9,11H2,1-2H3,(H,22,24). The SMILES string of the molecule is CCC1CCCCN1C(=O)C1CC1C(=O)Nc1cc(C(=O)OC)ccc1Cl. The number of carbonyl (C=O) groups is 3. The average Bonchev–Trinajstić information content (AvgIpc) is 3.49. The molecule has 3 unspecified atom stereocenters. The van der Waals surface area contributed by atoms with Gasteiger partial charge in [-0.1, -0.05) is 18.5 Å². The Morgan fingerprint density at radius 1 is 1.26 bits per heavy atom. The Morgan fingerprint density at radius 3 is 2.74 bits per heavy atom. The maximum absolute atomic E-state index is 12.8. The minimum absolute atomic E-state index is 0.0936. The predicted octanol–water partition coefficient (Wildman–Crippen LogP) is 3.49. The van der Waals surface area contributed by atoms with E-state index in [0.29, 0.717) is 28.7 Å². The zero-order chi connectivity index (χ0) is 19.6. The molecule has 1 aliphatic carbocycles. The molecule has 3 rings (SSSR count). The summed E-state index contributed by atoms with van der Waals surface area (Å²) in [6.07, 6.45) is 4.74. The number of esters is 1. The largest absolute Gasteiger partial charge is 0.465 e. The van der Waals surface area contributed by atoms with E-state index in [-0.39, 0.29) is 23.7 Å². The van der Waals surface area contributed by atoms with Crippen LogP contribution in [0.5, 0.6) is 0 Å². The van der Waals surface area contributed by atoms with Gasteiger partial charge in [0.2, 0.25) is 11.8 Å². The number of hydrogen-bond acceptors (Lipinski definition) is 4. The van der Waals surface area contributed by atoms with E-state index in [1.807, 2.05) is 4.90 Å². The number of halogens is 1. The molecule has 1 aliphatic heterocycles. The summed E-state index contributed by atoms with van der Waals surface area (Å²) in [6, 6.07) is 4.86. The molecule has 0 bridgehead atoms. The molecule has 3 atom stereocenters. The highest BCUT2D eigenvalue weighted by molar-refractivity contribution is 6.34. The van der Waals surface area contributed by atoms with Crippen molar-refractivity contribution >= 4 is 35.1 Å². The molecule has 7 heteroatoms. The van der Waals surface area contributed by atoms with Crippen LogP contribution in [0.2, 0.25) is 5.02 Å². The number of carbonyl (C=O) groups excluding carboxylic acids is 3. The van der Waals surface area contributed by atoms with Gasteiger partial charge in [-0.05, 0) is 50.3 Å². The number of piperidine rings is 1. The molecule has 1 saturated carbocycles. The van der Waals surface area contributed by atoms with E-state index in [0.717, 1.165) is 32.2 Å². The summed E-state index contributed by atoms with van der Waals surface area (Å²) in [5.41, 5.74) is 0.659. The number of nitrogens with zero attached hydrogens (tertiary/aromatic N) is 1. The van der Waals surface area contributed by atoms with Gasteiger partial charge in [0.05, 0.1) is 35.2 Å². The molecule has 0 spiro atoms. The van der Waals surface area contributed by atoms with Gasteiger partial charge in [0.1, 0.15) is 0 Å². The lowest BCUT2D eigenvalue weighted by Gasteiger charge is -2.35. The first-order chi connectivity index (χ1) is 13.0. The second-order valence-electron chi connectivity index (χ2n) is 7.21. The highest BCUT2D eigenvalue weighted by atomic mass is 35.5. The first-order valence-corrected chi connectivity index (χ1v) is 9.83. The monoisotopic (exact) mass is 392 g/mol. The minimum atomic E-state index is -0.502. The van der Waals surface area contributed by atoms with Crippen molar-refractivity contribution in [3.8, 4) is 0 Å². The highest BCUT2D eigenvalue weighted by Crippen LogP contribution is 2.42. The molecule has 0 aromatic heterocycles. The minimum Gasteiger partial charge on any atom is -0.465 e. The summed E-state index contributed by atoms with van der Waals surface area (Å²) in [5.74, 6) is -1.23. The van der Waals surface area contributed by atoms with Gasteiger partial charge in [0.25, 0.3) is 0 Å². The summed E-state index contributed by atoms with van der Waals surface area (Å²) in [5, 5.41) is 3.09. The van der Waals surface area contributed by atoms with Crippen LogP contribution in [0.15, 0.2) is 18.2 Å². The number of methoxy groups -OCH3 is 1. The molecule has 1 saturated heterocycles. The van der Waals surface area contributed by atoms with Crippen molar-refractivity contribution in [3.63, 3.8) is 0 Å². The maximum atomic E-state index is 12.8. The van der Waals surface area contributed by atoms with Gasteiger partial charge in [-0.3, -0.25) is 9.59 Å². The number of rotatable bonds is 5. The van der Waals surface area contributed by atoms with Crippen molar-refractivity contribution < 1.29 is 19.1 Å². The van der Waals surface area contributed by atoms with Crippen LogP contribution in [0.1, 0.15) is 49.4 Å². The molecular formula is C20H25ClN2O4. The second kappa shape index (κ2) is 8.30. The van der Waals surface area contributed by atoms with Crippen LogP contribution in [-0.2, 0) is 14.3 Å². The Hall–Kier alpha value is -2.08. The van der Waals surface area contributed by atoms with Crippen molar-refractivity contribution in [2.75, 3.05) is 19.0 Å². The van der Waals surface area contributed by atoms with E-state index < -0.39 is 5.97 Å². The zero-order valence-corrected chi connectivity index (χ0v) is 16.4. The van der Waals surface area contributed by atoms with Gasteiger partial charge in [-0.25, -0.2) is 4.79 Å². The fourth-order valence-electron chi connectivity index (χ4n) is 3.78. The number of likely N-dealkylation sites (tertiary alicyclic amines) is 1. The molecule has 146 valence electrons. The number of ether oxygens (including phenoxy) is 1. The van der Waals surface area contributed by atoms with E-state index >= 15 is 0 Å². The molecule has 2 fully saturated rings. The zero-order valence-electron chi connectivity index (χ0n) is 15.7. The highest BCUT2D eigenvalue weighted by Gasteiger charge is 2.50. The lowest BCUT2D eigenvalue weighted by atomic mass is 9.99. The maximum Gasteiger partial charge on any atom is 0.337 e. The molecular weight excluding hydrogens is 368 g/mol. The molecule has 27 heavy (non-hydrogen) atoms. The van der Waals surface area contributed by atoms with Crippen LogP contribution in [0.4, 0.5) is 5.69 Å². The molecule has 2 aliphatic rings.